The van der Waals surface area contributed by atoms with Crippen LogP contribution in [-0.4, -0.2) is 5.11 Å². The van der Waals surface area contributed by atoms with Crippen molar-refractivity contribution >= 4 is 38.9 Å². The molecule has 4 heteroatoms. The van der Waals surface area contributed by atoms with Gasteiger partial charge in [-0.05, 0) is 36.2 Å². The number of hydrogen-bond donors (Lipinski definition) is 1. The van der Waals surface area contributed by atoms with Crippen LogP contribution in [-0.2, 0) is 6.42 Å². The first-order chi connectivity index (χ1) is 8.06. The van der Waals surface area contributed by atoms with Gasteiger partial charge in [-0.2, -0.15) is 0 Å². The van der Waals surface area contributed by atoms with E-state index in [-0.39, 0.29) is 0 Å². The fraction of sp³-hybridized carbons (Fsp3) is 0.231. The number of thiophene rings is 1. The number of hydrogen-bond acceptors (Lipinski definition) is 2. The van der Waals surface area contributed by atoms with Crippen molar-refractivity contribution in [2.45, 2.75) is 19.4 Å². The Morgan fingerprint density at radius 3 is 2.76 bits per heavy atom. The standard InChI is InChI=1S/C13H12BrClOS/c1-8-5-12(17-13(8)15)11(16)7-9-3-2-4-10(14)6-9/h2-6,11,16H,7H2,1H3. The summed E-state index contributed by atoms with van der Waals surface area (Å²) in [6.45, 7) is 1.95. The average molecular weight is 332 g/mol. The van der Waals surface area contributed by atoms with Gasteiger partial charge in [-0.25, -0.2) is 0 Å². The van der Waals surface area contributed by atoms with E-state index in [2.05, 4.69) is 15.9 Å². The normalized spacial score (nSPS) is 12.7. The first kappa shape index (κ1) is 13.1. The zero-order chi connectivity index (χ0) is 12.4. The van der Waals surface area contributed by atoms with Crippen molar-refractivity contribution in [3.05, 3.63) is 55.1 Å². The molecule has 0 saturated carbocycles. The molecular formula is C13H12BrClOS. The van der Waals surface area contributed by atoms with E-state index in [0.717, 1.165) is 24.8 Å². The zero-order valence-electron chi connectivity index (χ0n) is 9.28. The molecule has 1 unspecified atom stereocenters. The highest BCUT2D eigenvalue weighted by Crippen LogP contribution is 2.32. The maximum atomic E-state index is 10.1. The van der Waals surface area contributed by atoms with Crippen molar-refractivity contribution in [3.8, 4) is 0 Å². The molecule has 1 N–H and O–H groups in total. The van der Waals surface area contributed by atoms with Crippen LogP contribution in [0.3, 0.4) is 0 Å². The van der Waals surface area contributed by atoms with E-state index in [0.29, 0.717) is 6.42 Å². The first-order valence-corrected chi connectivity index (χ1v) is 7.23. The Bertz CT molecular complexity index is 504. The molecule has 0 aliphatic heterocycles. The summed E-state index contributed by atoms with van der Waals surface area (Å²) in [7, 11) is 0. The van der Waals surface area contributed by atoms with Crippen LogP contribution in [0.4, 0.5) is 0 Å². The lowest BCUT2D eigenvalue weighted by Crippen LogP contribution is -1.99. The molecule has 1 heterocycles. The number of aliphatic hydroxyl groups is 1. The minimum atomic E-state index is -0.486. The van der Waals surface area contributed by atoms with Crippen LogP contribution < -0.4 is 0 Å². The van der Waals surface area contributed by atoms with Crippen LogP contribution in [0.15, 0.2) is 34.8 Å². The number of aryl methyl sites for hydroxylation is 1. The topological polar surface area (TPSA) is 20.2 Å². The van der Waals surface area contributed by atoms with Crippen LogP contribution in [0.1, 0.15) is 22.1 Å². The van der Waals surface area contributed by atoms with E-state index in [4.69, 9.17) is 11.6 Å². The third-order valence-corrected chi connectivity index (χ3v) is 4.67. The largest absolute Gasteiger partial charge is 0.387 e. The predicted octanol–water partition coefficient (Wildman–Crippen LogP) is 4.75. The first-order valence-electron chi connectivity index (χ1n) is 5.24. The molecule has 0 bridgehead atoms. The van der Waals surface area contributed by atoms with Gasteiger partial charge in [0.15, 0.2) is 0 Å². The third-order valence-electron chi connectivity index (χ3n) is 2.52. The van der Waals surface area contributed by atoms with Crippen molar-refractivity contribution in [1.82, 2.24) is 0 Å². The summed E-state index contributed by atoms with van der Waals surface area (Å²) in [5.41, 5.74) is 2.13. The summed E-state index contributed by atoms with van der Waals surface area (Å²) < 4.78 is 1.79. The molecule has 0 spiro atoms. The van der Waals surface area contributed by atoms with Crippen molar-refractivity contribution in [2.75, 3.05) is 0 Å². The number of halogens is 2. The highest BCUT2D eigenvalue weighted by Gasteiger charge is 2.13. The molecule has 17 heavy (non-hydrogen) atoms. The minimum absolute atomic E-state index is 0.486. The second-order valence-electron chi connectivity index (χ2n) is 3.96. The number of rotatable bonds is 3. The zero-order valence-corrected chi connectivity index (χ0v) is 12.4. The van der Waals surface area contributed by atoms with Crippen LogP contribution in [0, 0.1) is 6.92 Å². The van der Waals surface area contributed by atoms with E-state index >= 15 is 0 Å². The minimum Gasteiger partial charge on any atom is -0.387 e. The Balaban J connectivity index is 2.14. The van der Waals surface area contributed by atoms with Gasteiger partial charge in [0.2, 0.25) is 0 Å². The van der Waals surface area contributed by atoms with E-state index in [1.807, 2.05) is 37.3 Å². The molecule has 1 aromatic carbocycles. The number of benzene rings is 1. The molecule has 1 atom stereocenters. The smallest absolute Gasteiger partial charge is 0.0961 e. The summed E-state index contributed by atoms with van der Waals surface area (Å²) in [5.74, 6) is 0. The Morgan fingerprint density at radius 2 is 2.18 bits per heavy atom. The summed E-state index contributed by atoms with van der Waals surface area (Å²) in [5, 5.41) is 10.1. The Kier molecular flexibility index (Phi) is 4.26. The molecule has 1 nitrogen and oxygen atoms in total. The molecule has 0 saturated heterocycles. The Labute approximate surface area is 118 Å². The van der Waals surface area contributed by atoms with E-state index < -0.39 is 6.10 Å². The summed E-state index contributed by atoms with van der Waals surface area (Å²) in [6, 6.07) is 9.93. The van der Waals surface area contributed by atoms with Gasteiger partial charge in [-0.3, -0.25) is 0 Å². The number of aliphatic hydroxyl groups excluding tert-OH is 1. The van der Waals surface area contributed by atoms with Gasteiger partial charge in [0.05, 0.1) is 10.4 Å². The van der Waals surface area contributed by atoms with Crippen LogP contribution in [0.5, 0.6) is 0 Å². The van der Waals surface area contributed by atoms with E-state index in [1.54, 1.807) is 0 Å². The second-order valence-corrected chi connectivity index (χ2v) is 6.56. The monoisotopic (exact) mass is 330 g/mol. The SMILES string of the molecule is Cc1cc(C(O)Cc2cccc(Br)c2)sc1Cl. The lowest BCUT2D eigenvalue weighted by Gasteiger charge is -2.08. The Morgan fingerprint density at radius 1 is 1.41 bits per heavy atom. The van der Waals surface area contributed by atoms with E-state index in [1.165, 1.54) is 11.3 Å². The van der Waals surface area contributed by atoms with Crippen molar-refractivity contribution in [1.29, 1.82) is 0 Å². The summed E-state index contributed by atoms with van der Waals surface area (Å²) >= 11 is 10.9. The predicted molar refractivity (Wildman–Crippen MR) is 76.9 cm³/mol. The van der Waals surface area contributed by atoms with Crippen molar-refractivity contribution in [3.63, 3.8) is 0 Å². The van der Waals surface area contributed by atoms with Crippen LogP contribution >= 0.6 is 38.9 Å². The molecule has 1 aromatic heterocycles. The average Bonchev–Trinajstić information content (AvgIpc) is 2.59. The quantitative estimate of drug-likeness (QED) is 0.860. The van der Waals surface area contributed by atoms with Gasteiger partial charge >= 0.3 is 0 Å². The molecule has 0 radical (unpaired) electrons. The highest BCUT2D eigenvalue weighted by atomic mass is 79.9. The fourth-order valence-corrected chi connectivity index (χ4v) is 3.29. The van der Waals surface area contributed by atoms with Crippen LogP contribution in [0.2, 0.25) is 4.34 Å². The highest BCUT2D eigenvalue weighted by molar-refractivity contribution is 9.10. The molecule has 2 rings (SSSR count). The molecule has 0 amide bonds. The summed E-state index contributed by atoms with van der Waals surface area (Å²) in [6.07, 6.45) is 0.121. The van der Waals surface area contributed by atoms with Crippen LogP contribution in [0.25, 0.3) is 0 Å². The van der Waals surface area contributed by atoms with Gasteiger partial charge in [-0.15, -0.1) is 11.3 Å². The summed E-state index contributed by atoms with van der Waals surface area (Å²) in [4.78, 5) is 0.924. The molecule has 0 fully saturated rings. The third kappa shape index (κ3) is 3.32. The molecule has 90 valence electrons. The Hall–Kier alpha value is -0.350. The fourth-order valence-electron chi connectivity index (χ4n) is 1.64. The van der Waals surface area contributed by atoms with Gasteiger partial charge in [0, 0.05) is 15.8 Å². The molecular weight excluding hydrogens is 320 g/mol. The maximum absolute atomic E-state index is 10.1. The van der Waals surface area contributed by atoms with Gasteiger partial charge in [-0.1, -0.05) is 39.7 Å². The molecule has 2 aromatic rings. The van der Waals surface area contributed by atoms with Gasteiger partial charge in [0.25, 0.3) is 0 Å². The van der Waals surface area contributed by atoms with Gasteiger partial charge in [0.1, 0.15) is 0 Å². The second kappa shape index (κ2) is 5.53. The van der Waals surface area contributed by atoms with Gasteiger partial charge < -0.3 is 5.11 Å². The van der Waals surface area contributed by atoms with Crippen molar-refractivity contribution < 1.29 is 5.11 Å². The lowest BCUT2D eigenvalue weighted by molar-refractivity contribution is 0.182. The molecule has 0 aliphatic carbocycles. The van der Waals surface area contributed by atoms with Crippen molar-refractivity contribution in [2.24, 2.45) is 0 Å². The molecule has 0 aliphatic rings. The van der Waals surface area contributed by atoms with E-state index in [9.17, 15) is 5.11 Å². The maximum Gasteiger partial charge on any atom is 0.0961 e. The lowest BCUT2D eigenvalue weighted by atomic mass is 10.1.